The van der Waals surface area contributed by atoms with E-state index in [1.54, 1.807) is 12.2 Å². The van der Waals surface area contributed by atoms with Gasteiger partial charge >= 0.3 is 0 Å². The molecule has 0 aromatic carbocycles. The Bertz CT molecular complexity index is 1050. The number of carbonyl (C=O) groups excluding carboxylic acids is 3. The van der Waals surface area contributed by atoms with E-state index in [-0.39, 0.29) is 28.9 Å². The molecule has 5 fully saturated rings. The van der Waals surface area contributed by atoms with E-state index in [4.69, 9.17) is 4.74 Å². The minimum atomic E-state index is -0.651. The van der Waals surface area contributed by atoms with Gasteiger partial charge in [-0.05, 0) is 91.6 Å². The highest BCUT2D eigenvalue weighted by Gasteiger charge is 2.67. The smallest absolute Gasteiger partial charge is 0.259 e. The molecule has 2 amide bonds. The first-order valence-corrected chi connectivity index (χ1v) is 13.9. The third-order valence-electron chi connectivity index (χ3n) is 10.3. The maximum atomic E-state index is 12.8. The molecule has 3 N–H and O–H groups in total. The van der Waals surface area contributed by atoms with Crippen molar-refractivity contribution in [3.8, 4) is 0 Å². The summed E-state index contributed by atoms with van der Waals surface area (Å²) >= 11 is 0. The maximum absolute atomic E-state index is 12.8. The zero-order valence-corrected chi connectivity index (χ0v) is 21.2. The molecule has 36 heavy (non-hydrogen) atoms. The van der Waals surface area contributed by atoms with E-state index in [9.17, 15) is 19.5 Å². The van der Waals surface area contributed by atoms with Crippen LogP contribution in [0, 0.1) is 47.3 Å². The van der Waals surface area contributed by atoms with E-state index in [0.29, 0.717) is 67.1 Å². The van der Waals surface area contributed by atoms with E-state index >= 15 is 0 Å². The van der Waals surface area contributed by atoms with Crippen LogP contribution in [0.1, 0.15) is 52.4 Å². The Balaban J connectivity index is 1.32. The average molecular weight is 495 g/mol. The second kappa shape index (κ2) is 9.16. The number of allylic oxidation sites excluding steroid dienone is 3. The number of carbonyl (C=O) groups is 3. The molecule has 3 aliphatic heterocycles. The van der Waals surface area contributed by atoms with E-state index in [1.807, 2.05) is 12.2 Å². The number of aliphatic hydroxyl groups excluding tert-OH is 1. The van der Waals surface area contributed by atoms with Crippen LogP contribution in [0.3, 0.4) is 0 Å². The van der Waals surface area contributed by atoms with Crippen molar-refractivity contribution in [3.63, 3.8) is 0 Å². The van der Waals surface area contributed by atoms with E-state index < -0.39 is 11.9 Å². The fraction of sp³-hybridized carbons (Fsp3) is 0.690. The Kier molecular flexibility index (Phi) is 6.09. The van der Waals surface area contributed by atoms with Crippen LogP contribution < -0.4 is 10.6 Å². The van der Waals surface area contributed by atoms with Crippen LogP contribution in [0.15, 0.2) is 35.6 Å². The van der Waals surface area contributed by atoms with Crippen LogP contribution in [0.4, 0.5) is 0 Å². The molecule has 0 aromatic heterocycles. The van der Waals surface area contributed by atoms with Crippen LogP contribution in [-0.4, -0.2) is 47.5 Å². The van der Waals surface area contributed by atoms with Crippen molar-refractivity contribution in [1.29, 1.82) is 0 Å². The lowest BCUT2D eigenvalue weighted by Crippen LogP contribution is -2.39. The van der Waals surface area contributed by atoms with Gasteiger partial charge in [-0.25, -0.2) is 0 Å². The predicted molar refractivity (Wildman–Crippen MR) is 134 cm³/mol. The van der Waals surface area contributed by atoms with Crippen LogP contribution in [0.25, 0.3) is 0 Å². The summed E-state index contributed by atoms with van der Waals surface area (Å²) in [7, 11) is 0. The number of fused-ring (bicyclic) bond motifs is 10. The lowest BCUT2D eigenvalue weighted by Gasteiger charge is -2.36. The van der Waals surface area contributed by atoms with Gasteiger partial charge in [-0.3, -0.25) is 14.4 Å². The lowest BCUT2D eigenvalue weighted by atomic mass is 9.65. The monoisotopic (exact) mass is 494 g/mol. The molecular formula is C29H38N2O5. The number of hydrogen-bond donors (Lipinski definition) is 3. The second-order valence-electron chi connectivity index (χ2n) is 12.0. The first kappa shape index (κ1) is 24.0. The van der Waals surface area contributed by atoms with Crippen LogP contribution in [-0.2, 0) is 19.1 Å². The number of hydrogen-bond acceptors (Lipinski definition) is 5. The molecule has 3 aliphatic carbocycles. The zero-order chi connectivity index (χ0) is 25.1. The Hall–Kier alpha value is -2.41. The number of nitrogens with one attached hydrogen (secondary N) is 2. The highest BCUT2D eigenvalue weighted by molar-refractivity contribution is 6.27. The van der Waals surface area contributed by atoms with E-state index in [1.165, 1.54) is 12.8 Å². The largest absolute Gasteiger partial charge is 0.507 e. The molecule has 3 saturated carbocycles. The molecule has 7 nitrogen and oxygen atoms in total. The number of rotatable bonds is 1. The van der Waals surface area contributed by atoms with Crippen molar-refractivity contribution in [2.24, 2.45) is 47.3 Å². The fourth-order valence-electron chi connectivity index (χ4n) is 8.82. The van der Waals surface area contributed by atoms with E-state index in [2.05, 4.69) is 24.5 Å². The minimum Gasteiger partial charge on any atom is -0.507 e. The number of ketones is 1. The van der Waals surface area contributed by atoms with Crippen LogP contribution in [0.2, 0.25) is 0 Å². The van der Waals surface area contributed by atoms with Crippen molar-refractivity contribution < 1.29 is 24.2 Å². The Morgan fingerprint density at radius 2 is 1.83 bits per heavy atom. The molecule has 2 bridgehead atoms. The van der Waals surface area contributed by atoms with Crippen LogP contribution in [0.5, 0.6) is 0 Å². The summed E-state index contributed by atoms with van der Waals surface area (Å²) in [6.45, 7) is 5.14. The predicted octanol–water partition coefficient (Wildman–Crippen LogP) is 3.23. The zero-order valence-electron chi connectivity index (χ0n) is 21.2. The number of epoxide rings is 1. The molecule has 11 atom stereocenters. The molecule has 7 heteroatoms. The number of Topliss-reactive ketones (excluding diaryl/α,β-unsaturated/α-hetero) is 1. The molecular weight excluding hydrogens is 456 g/mol. The van der Waals surface area contributed by atoms with Crippen LogP contribution >= 0.6 is 0 Å². The average Bonchev–Trinajstić information content (AvgIpc) is 3.32. The minimum absolute atomic E-state index is 0.122. The molecule has 6 aliphatic rings. The molecule has 11 unspecified atom stereocenters. The van der Waals surface area contributed by atoms with Crippen molar-refractivity contribution in [3.05, 3.63) is 35.6 Å². The maximum Gasteiger partial charge on any atom is 0.259 e. The molecule has 6 rings (SSSR count). The molecule has 3 heterocycles. The van der Waals surface area contributed by atoms with Gasteiger partial charge in [0, 0.05) is 6.54 Å². The van der Waals surface area contributed by atoms with Gasteiger partial charge in [0.2, 0.25) is 5.91 Å². The van der Waals surface area contributed by atoms with Gasteiger partial charge in [-0.2, -0.15) is 0 Å². The standard InChI is InChI=1S/C29H38N2O5/c1-3-16-14(2)12-18-19-13-15-9-10-21(32)25-26(34)20(31-29(25)35)7-5-11-30-22(33)8-4-6-17(15)24(19)28-27(36-28)23(16)18/h4,8-10,14-20,23-24,27-28,32H,3,5-7,11-13H2,1-2H3,(H,30,33)(H,31,35). The van der Waals surface area contributed by atoms with Gasteiger partial charge in [0.15, 0.2) is 5.78 Å². The molecule has 0 aromatic rings. The Morgan fingerprint density at radius 3 is 2.64 bits per heavy atom. The summed E-state index contributed by atoms with van der Waals surface area (Å²) in [5, 5.41) is 16.4. The first-order chi connectivity index (χ1) is 17.4. The molecule has 0 radical (unpaired) electrons. The summed E-state index contributed by atoms with van der Waals surface area (Å²) in [5.41, 5.74) is -0.139. The third-order valence-corrected chi connectivity index (χ3v) is 10.3. The summed E-state index contributed by atoms with van der Waals surface area (Å²) in [5.74, 6) is 3.03. The first-order valence-electron chi connectivity index (χ1n) is 13.9. The number of ether oxygens (including phenoxy) is 1. The van der Waals surface area contributed by atoms with E-state index in [0.717, 1.165) is 18.8 Å². The van der Waals surface area contributed by atoms with Crippen molar-refractivity contribution in [1.82, 2.24) is 10.6 Å². The van der Waals surface area contributed by atoms with Gasteiger partial charge in [-0.1, -0.05) is 32.4 Å². The lowest BCUT2D eigenvalue weighted by molar-refractivity contribution is -0.118. The highest BCUT2D eigenvalue weighted by Crippen LogP contribution is 2.66. The Morgan fingerprint density at radius 1 is 1.06 bits per heavy atom. The quantitative estimate of drug-likeness (QED) is 0.383. The van der Waals surface area contributed by atoms with Gasteiger partial charge < -0.3 is 20.5 Å². The second-order valence-corrected chi connectivity index (χ2v) is 12.0. The summed E-state index contributed by atoms with van der Waals surface area (Å²) in [6.07, 6.45) is 13.1. The summed E-state index contributed by atoms with van der Waals surface area (Å²) < 4.78 is 6.40. The van der Waals surface area contributed by atoms with Gasteiger partial charge in [0.05, 0.1) is 18.2 Å². The van der Waals surface area contributed by atoms with Gasteiger partial charge in [-0.15, -0.1) is 0 Å². The summed E-state index contributed by atoms with van der Waals surface area (Å²) in [4.78, 5) is 37.7. The Labute approximate surface area is 212 Å². The van der Waals surface area contributed by atoms with Gasteiger partial charge in [0.1, 0.15) is 11.3 Å². The molecule has 0 spiro atoms. The third kappa shape index (κ3) is 3.85. The summed E-state index contributed by atoms with van der Waals surface area (Å²) in [6, 6.07) is -0.651. The van der Waals surface area contributed by atoms with Crippen molar-refractivity contribution in [2.45, 2.75) is 70.6 Å². The normalized spacial score (nSPS) is 46.1. The van der Waals surface area contributed by atoms with Gasteiger partial charge in [0.25, 0.3) is 5.91 Å². The fourth-order valence-corrected chi connectivity index (χ4v) is 8.82. The topological polar surface area (TPSA) is 108 Å². The van der Waals surface area contributed by atoms with Crippen molar-refractivity contribution >= 4 is 17.6 Å². The number of amides is 2. The van der Waals surface area contributed by atoms with Crippen molar-refractivity contribution in [2.75, 3.05) is 6.54 Å². The SMILES string of the molecule is CCC1C(C)CC2C3CC4C=CC(O)=C5C(=O)NC(CCCNC(=O)C=CCC4C3C3OC3C12)C5=O. The highest BCUT2D eigenvalue weighted by atomic mass is 16.6. The molecule has 2 saturated heterocycles. The number of aliphatic hydroxyl groups is 1. The molecule has 194 valence electrons.